The highest BCUT2D eigenvalue weighted by atomic mass is 35.5. The summed E-state index contributed by atoms with van der Waals surface area (Å²) in [6, 6.07) is 16.6. The number of H-pyrrole nitrogens is 2. The molecule has 0 radical (unpaired) electrons. The van der Waals surface area contributed by atoms with Gasteiger partial charge in [0.2, 0.25) is 0 Å². The predicted molar refractivity (Wildman–Crippen MR) is 130 cm³/mol. The Hall–Kier alpha value is -3.91. The van der Waals surface area contributed by atoms with Crippen molar-refractivity contribution in [3.05, 3.63) is 81.2 Å². The molecule has 0 atom stereocenters. The molecule has 0 spiro atoms. The minimum atomic E-state index is -0.305. The van der Waals surface area contributed by atoms with Crippen molar-refractivity contribution in [1.29, 1.82) is 0 Å². The molecule has 0 aliphatic rings. The number of carbonyl (C=O) groups is 1. The number of ether oxygens (including phenoxy) is 2. The van der Waals surface area contributed by atoms with E-state index in [0.29, 0.717) is 34.3 Å². The molecule has 3 aromatic carbocycles. The summed E-state index contributed by atoms with van der Waals surface area (Å²) >= 11 is 6.43. The normalized spacial score (nSPS) is 10.8. The average Bonchev–Trinajstić information content (AvgIpc) is 3.17. The first-order chi connectivity index (χ1) is 15.9. The second kappa shape index (κ2) is 9.70. The standard InChI is InChI=1S/C24H23ClN4O4/c1-14-3-5-16(6-4-14)27-22(30)13-33-23-18(25)9-15(10-21(23)32-2)12-26-17-7-8-19-20(11-17)29-24(31)28-19/h3-11,26H,12-13H2,1-2H3,(H,27,30)(H2,28,29,31). The number of aromatic amines is 2. The molecule has 0 aliphatic carbocycles. The van der Waals surface area contributed by atoms with Gasteiger partial charge in [-0.1, -0.05) is 29.3 Å². The number of rotatable bonds is 8. The number of hydrogen-bond donors (Lipinski definition) is 4. The van der Waals surface area contributed by atoms with E-state index in [-0.39, 0.29) is 18.2 Å². The fourth-order valence-electron chi connectivity index (χ4n) is 3.33. The van der Waals surface area contributed by atoms with E-state index in [1.54, 1.807) is 12.1 Å². The Morgan fingerprint density at radius 3 is 2.48 bits per heavy atom. The van der Waals surface area contributed by atoms with Crippen molar-refractivity contribution >= 4 is 39.9 Å². The van der Waals surface area contributed by atoms with Gasteiger partial charge in [0.1, 0.15) is 0 Å². The number of anilines is 2. The lowest BCUT2D eigenvalue weighted by Gasteiger charge is -2.15. The number of carbonyl (C=O) groups excluding carboxylic acids is 1. The quantitative estimate of drug-likeness (QED) is 0.306. The maximum Gasteiger partial charge on any atom is 0.323 e. The number of benzene rings is 3. The molecule has 4 rings (SSSR count). The Morgan fingerprint density at radius 2 is 1.73 bits per heavy atom. The van der Waals surface area contributed by atoms with Gasteiger partial charge in [-0.3, -0.25) is 4.79 Å². The summed E-state index contributed by atoms with van der Waals surface area (Å²) in [6.45, 7) is 2.23. The maximum atomic E-state index is 12.2. The highest BCUT2D eigenvalue weighted by Gasteiger charge is 2.14. The summed E-state index contributed by atoms with van der Waals surface area (Å²) in [5, 5.41) is 6.40. The molecule has 8 nitrogen and oxygen atoms in total. The number of nitrogens with one attached hydrogen (secondary N) is 4. The highest BCUT2D eigenvalue weighted by molar-refractivity contribution is 6.32. The van der Waals surface area contributed by atoms with Gasteiger partial charge in [0.05, 0.1) is 23.2 Å². The van der Waals surface area contributed by atoms with Crippen LogP contribution >= 0.6 is 11.6 Å². The number of hydrogen-bond acceptors (Lipinski definition) is 5. The van der Waals surface area contributed by atoms with Crippen LogP contribution in [-0.4, -0.2) is 29.6 Å². The van der Waals surface area contributed by atoms with Gasteiger partial charge in [0, 0.05) is 17.9 Å². The highest BCUT2D eigenvalue weighted by Crippen LogP contribution is 2.36. The van der Waals surface area contributed by atoms with Crippen LogP contribution in [0.1, 0.15) is 11.1 Å². The Kier molecular flexibility index (Phi) is 6.55. The topological polar surface area (TPSA) is 108 Å². The monoisotopic (exact) mass is 466 g/mol. The van der Waals surface area contributed by atoms with Gasteiger partial charge in [-0.05, 0) is 55.0 Å². The molecule has 1 amide bonds. The minimum absolute atomic E-state index is 0.212. The lowest BCUT2D eigenvalue weighted by molar-refractivity contribution is -0.118. The second-order valence-corrected chi connectivity index (χ2v) is 7.91. The van der Waals surface area contributed by atoms with Gasteiger partial charge in [-0.2, -0.15) is 0 Å². The first-order valence-electron chi connectivity index (χ1n) is 10.2. The zero-order chi connectivity index (χ0) is 23.4. The van der Waals surface area contributed by atoms with Crippen LogP contribution in [0.4, 0.5) is 11.4 Å². The van der Waals surface area contributed by atoms with E-state index in [2.05, 4.69) is 20.6 Å². The molecule has 4 N–H and O–H groups in total. The van der Waals surface area contributed by atoms with Gasteiger partial charge in [-0.15, -0.1) is 0 Å². The van der Waals surface area contributed by atoms with Gasteiger partial charge < -0.3 is 30.1 Å². The molecule has 0 bridgehead atoms. The van der Waals surface area contributed by atoms with Crippen LogP contribution in [0.25, 0.3) is 11.0 Å². The number of methoxy groups -OCH3 is 1. The van der Waals surface area contributed by atoms with Crippen LogP contribution in [0.5, 0.6) is 11.5 Å². The van der Waals surface area contributed by atoms with Crippen molar-refractivity contribution in [2.24, 2.45) is 0 Å². The third-order valence-corrected chi connectivity index (χ3v) is 5.27. The molecule has 4 aromatic rings. The molecule has 0 unspecified atom stereocenters. The fourth-order valence-corrected chi connectivity index (χ4v) is 3.62. The molecular weight excluding hydrogens is 444 g/mol. The molecule has 9 heteroatoms. The van der Waals surface area contributed by atoms with E-state index in [1.165, 1.54) is 7.11 Å². The number of halogens is 1. The number of imidazole rings is 1. The molecule has 1 heterocycles. The SMILES string of the molecule is COc1cc(CNc2ccc3[nH]c(=O)[nH]c3c2)cc(Cl)c1OCC(=O)Nc1ccc(C)cc1. The predicted octanol–water partition coefficient (Wildman–Crippen LogP) is 4.46. The third-order valence-electron chi connectivity index (χ3n) is 4.98. The van der Waals surface area contributed by atoms with E-state index >= 15 is 0 Å². The van der Waals surface area contributed by atoms with Crippen molar-refractivity contribution in [1.82, 2.24) is 9.97 Å². The second-order valence-electron chi connectivity index (χ2n) is 7.50. The van der Waals surface area contributed by atoms with Gasteiger partial charge in [0.15, 0.2) is 18.1 Å². The largest absolute Gasteiger partial charge is 0.493 e. The molecule has 0 aliphatic heterocycles. The van der Waals surface area contributed by atoms with E-state index in [9.17, 15) is 9.59 Å². The zero-order valence-electron chi connectivity index (χ0n) is 18.1. The summed E-state index contributed by atoms with van der Waals surface area (Å²) < 4.78 is 11.1. The van der Waals surface area contributed by atoms with E-state index < -0.39 is 0 Å². The van der Waals surface area contributed by atoms with Crippen molar-refractivity contribution in [2.45, 2.75) is 13.5 Å². The minimum Gasteiger partial charge on any atom is -0.493 e. The molecule has 33 heavy (non-hydrogen) atoms. The van der Waals surface area contributed by atoms with E-state index in [4.69, 9.17) is 21.1 Å². The Balaban J connectivity index is 1.40. The number of aryl methyl sites for hydroxylation is 1. The molecular formula is C24H23ClN4O4. The molecule has 0 saturated heterocycles. The summed E-state index contributed by atoms with van der Waals surface area (Å²) in [5.41, 5.74) is 4.70. The fraction of sp³-hybridized carbons (Fsp3) is 0.167. The van der Waals surface area contributed by atoms with E-state index in [0.717, 1.165) is 22.3 Å². The summed E-state index contributed by atoms with van der Waals surface area (Å²) in [5.74, 6) is 0.419. The van der Waals surface area contributed by atoms with Gasteiger partial charge >= 0.3 is 5.69 Å². The Bertz CT molecular complexity index is 1350. The summed E-state index contributed by atoms with van der Waals surface area (Å²) in [6.07, 6.45) is 0. The maximum absolute atomic E-state index is 12.2. The molecule has 170 valence electrons. The van der Waals surface area contributed by atoms with E-state index in [1.807, 2.05) is 49.4 Å². The van der Waals surface area contributed by atoms with Crippen LogP contribution in [0.15, 0.2) is 59.4 Å². The zero-order valence-corrected chi connectivity index (χ0v) is 18.9. The Morgan fingerprint density at radius 1 is 1.00 bits per heavy atom. The molecule has 1 aromatic heterocycles. The number of amides is 1. The lowest BCUT2D eigenvalue weighted by Crippen LogP contribution is -2.20. The summed E-state index contributed by atoms with van der Waals surface area (Å²) in [4.78, 5) is 29.1. The van der Waals surface area contributed by atoms with Crippen LogP contribution in [0.3, 0.4) is 0 Å². The average molecular weight is 467 g/mol. The smallest absolute Gasteiger partial charge is 0.323 e. The van der Waals surface area contributed by atoms with Crippen molar-refractivity contribution in [2.75, 3.05) is 24.4 Å². The van der Waals surface area contributed by atoms with Crippen LogP contribution in [0.2, 0.25) is 5.02 Å². The van der Waals surface area contributed by atoms with Crippen LogP contribution in [-0.2, 0) is 11.3 Å². The van der Waals surface area contributed by atoms with Crippen LogP contribution < -0.4 is 25.8 Å². The van der Waals surface area contributed by atoms with Crippen molar-refractivity contribution < 1.29 is 14.3 Å². The van der Waals surface area contributed by atoms with Crippen molar-refractivity contribution in [3.8, 4) is 11.5 Å². The Labute approximate surface area is 194 Å². The molecule has 0 fully saturated rings. The third kappa shape index (κ3) is 5.48. The van der Waals surface area contributed by atoms with Gasteiger partial charge in [-0.25, -0.2) is 4.79 Å². The first-order valence-corrected chi connectivity index (χ1v) is 10.6. The lowest BCUT2D eigenvalue weighted by atomic mass is 10.2. The van der Waals surface area contributed by atoms with Crippen molar-refractivity contribution in [3.63, 3.8) is 0 Å². The number of aromatic nitrogens is 2. The first kappa shape index (κ1) is 22.3. The number of fused-ring (bicyclic) bond motifs is 1. The van der Waals surface area contributed by atoms with Gasteiger partial charge in [0.25, 0.3) is 5.91 Å². The molecule has 0 saturated carbocycles. The summed E-state index contributed by atoms with van der Waals surface area (Å²) in [7, 11) is 1.51. The van der Waals surface area contributed by atoms with Crippen LogP contribution in [0, 0.1) is 6.92 Å².